The molecule has 32 heavy (non-hydrogen) atoms. The number of imide groups is 1. The van der Waals surface area contributed by atoms with Crippen LogP contribution >= 0.6 is 0 Å². The van der Waals surface area contributed by atoms with E-state index in [4.69, 9.17) is 0 Å². The zero-order valence-electron chi connectivity index (χ0n) is 17.1. The van der Waals surface area contributed by atoms with Crippen LogP contribution in [-0.4, -0.2) is 51.2 Å². The molecule has 3 amide bonds. The molecule has 2 aliphatic rings. The topological polar surface area (TPSA) is 75.5 Å². The van der Waals surface area contributed by atoms with Crippen LogP contribution in [0.15, 0.2) is 48.8 Å². The molecule has 3 aromatic rings. The lowest BCUT2D eigenvalue weighted by Crippen LogP contribution is -2.42. The third-order valence-corrected chi connectivity index (χ3v) is 5.99. The first kappa shape index (κ1) is 20.3. The fourth-order valence-corrected chi connectivity index (χ4v) is 4.20. The Morgan fingerprint density at radius 3 is 2.22 bits per heavy atom. The number of anilines is 1. The Balaban J connectivity index is 1.38. The third-order valence-electron chi connectivity index (χ3n) is 5.99. The van der Waals surface area contributed by atoms with Gasteiger partial charge in [-0.25, -0.2) is 13.8 Å². The van der Waals surface area contributed by atoms with Gasteiger partial charge in [0.25, 0.3) is 11.8 Å². The molecule has 0 saturated carbocycles. The van der Waals surface area contributed by atoms with Crippen molar-refractivity contribution in [2.45, 2.75) is 31.6 Å². The molecule has 0 unspecified atom stereocenters. The van der Waals surface area contributed by atoms with Crippen LogP contribution < -0.4 is 4.90 Å². The summed E-state index contributed by atoms with van der Waals surface area (Å²) >= 11 is 0. The van der Waals surface area contributed by atoms with E-state index in [0.29, 0.717) is 16.9 Å². The van der Waals surface area contributed by atoms with Crippen molar-refractivity contribution in [2.24, 2.45) is 0 Å². The molecule has 1 aromatic carbocycles. The monoisotopic (exact) mass is 438 g/mol. The van der Waals surface area contributed by atoms with Crippen molar-refractivity contribution in [2.75, 3.05) is 18.0 Å². The van der Waals surface area contributed by atoms with E-state index in [-0.39, 0.29) is 56.5 Å². The number of piperidine rings is 1. The second-order valence-corrected chi connectivity index (χ2v) is 8.11. The molecule has 7 nitrogen and oxygen atoms in total. The summed E-state index contributed by atoms with van der Waals surface area (Å²) in [5.74, 6) is -3.41. The molecule has 9 heteroatoms. The van der Waals surface area contributed by atoms with Gasteiger partial charge in [-0.2, -0.15) is 0 Å². The van der Waals surface area contributed by atoms with E-state index in [0.717, 1.165) is 11.1 Å². The molecule has 0 bridgehead atoms. The van der Waals surface area contributed by atoms with E-state index in [1.807, 2.05) is 16.8 Å². The zero-order valence-corrected chi connectivity index (χ0v) is 17.1. The number of carbonyl (C=O) groups excluding carboxylic acids is 3. The van der Waals surface area contributed by atoms with Gasteiger partial charge in [-0.1, -0.05) is 0 Å². The van der Waals surface area contributed by atoms with Crippen molar-refractivity contribution in [1.82, 2.24) is 14.5 Å². The molecule has 0 aliphatic carbocycles. The Labute approximate surface area is 182 Å². The Morgan fingerprint density at radius 2 is 1.56 bits per heavy atom. The van der Waals surface area contributed by atoms with Gasteiger partial charge >= 0.3 is 0 Å². The number of rotatable bonds is 3. The van der Waals surface area contributed by atoms with Crippen LogP contribution in [0.5, 0.6) is 0 Å². The van der Waals surface area contributed by atoms with Crippen molar-refractivity contribution in [3.63, 3.8) is 0 Å². The minimum absolute atomic E-state index is 0.0270. The first-order valence-electron chi connectivity index (χ1n) is 10.4. The Kier molecular flexibility index (Phi) is 4.76. The molecule has 0 spiro atoms. The average Bonchev–Trinajstić information content (AvgIpc) is 3.35. The quantitative estimate of drug-likeness (QED) is 0.586. The number of aromatic nitrogens is 2. The number of amides is 3. The number of alkyl halides is 2. The third kappa shape index (κ3) is 3.53. The van der Waals surface area contributed by atoms with Crippen LogP contribution in [-0.2, 0) is 9.59 Å². The highest BCUT2D eigenvalue weighted by Crippen LogP contribution is 2.29. The Morgan fingerprint density at radius 1 is 0.938 bits per heavy atom. The number of hydrogen-bond donors (Lipinski definition) is 0. The lowest BCUT2D eigenvalue weighted by molar-refractivity contribution is -0.121. The van der Waals surface area contributed by atoms with Gasteiger partial charge in [0.2, 0.25) is 11.8 Å². The second-order valence-electron chi connectivity index (χ2n) is 8.11. The maximum absolute atomic E-state index is 13.4. The predicted octanol–water partition coefficient (Wildman–Crippen LogP) is 3.55. The van der Waals surface area contributed by atoms with Gasteiger partial charge < -0.3 is 9.47 Å². The first-order valence-corrected chi connectivity index (χ1v) is 10.4. The highest BCUT2D eigenvalue weighted by atomic mass is 19.3. The number of carbonyl (C=O) groups is 3. The van der Waals surface area contributed by atoms with Crippen molar-refractivity contribution >= 4 is 34.4 Å². The Hall–Kier alpha value is -3.62. The highest BCUT2D eigenvalue weighted by molar-refractivity contribution is 6.19. The van der Waals surface area contributed by atoms with E-state index >= 15 is 0 Å². The molecule has 5 rings (SSSR count). The van der Waals surface area contributed by atoms with E-state index in [9.17, 15) is 23.2 Å². The van der Waals surface area contributed by atoms with Crippen LogP contribution in [0.3, 0.4) is 0 Å². The molecule has 0 atom stereocenters. The molecular formula is C23H20F2N4O3. The van der Waals surface area contributed by atoms with Gasteiger partial charge in [0.05, 0.1) is 11.3 Å². The van der Waals surface area contributed by atoms with Crippen molar-refractivity contribution in [3.05, 3.63) is 54.4 Å². The van der Waals surface area contributed by atoms with Gasteiger partial charge in [-0.05, 0) is 36.4 Å². The molecule has 2 fully saturated rings. The standard InChI is InChI=1S/C23H20F2N4O3/c24-23(25)8-11-27(12-9-23)22(32)16-13-15-7-10-28(21(15)26-14-16)17-1-3-18(4-2-17)29-19(30)5-6-20(29)31/h1-4,7,10,13-14H,5-6,8-9,11-12H2. The van der Waals surface area contributed by atoms with Crippen LogP contribution in [0.4, 0.5) is 14.5 Å². The van der Waals surface area contributed by atoms with Crippen LogP contribution in [0, 0.1) is 0 Å². The normalized spacial score (nSPS) is 18.6. The summed E-state index contributed by atoms with van der Waals surface area (Å²) in [6.07, 6.45) is 3.09. The molecular weight excluding hydrogens is 418 g/mol. The summed E-state index contributed by atoms with van der Waals surface area (Å²) in [6.45, 7) is 0.0541. The van der Waals surface area contributed by atoms with E-state index < -0.39 is 5.92 Å². The molecule has 4 heterocycles. The largest absolute Gasteiger partial charge is 0.338 e. The van der Waals surface area contributed by atoms with Crippen molar-refractivity contribution in [3.8, 4) is 5.69 Å². The smallest absolute Gasteiger partial charge is 0.255 e. The maximum Gasteiger partial charge on any atom is 0.255 e. The summed E-state index contributed by atoms with van der Waals surface area (Å²) in [5, 5.41) is 0.743. The molecule has 2 aromatic heterocycles. The predicted molar refractivity (Wildman–Crippen MR) is 113 cm³/mol. The second kappa shape index (κ2) is 7.51. The summed E-state index contributed by atoms with van der Waals surface area (Å²) in [5.41, 5.74) is 2.31. The van der Waals surface area contributed by atoms with E-state index in [1.54, 1.807) is 30.3 Å². The van der Waals surface area contributed by atoms with Gasteiger partial charge in [-0.15, -0.1) is 0 Å². The number of likely N-dealkylation sites (tertiary alicyclic amines) is 1. The highest BCUT2D eigenvalue weighted by Gasteiger charge is 2.36. The molecule has 0 N–H and O–H groups in total. The maximum atomic E-state index is 13.4. The number of pyridine rings is 1. The SMILES string of the molecule is O=C(c1cnc2c(ccn2-c2ccc(N3C(=O)CCC3=O)cc2)c1)N1CCC(F)(F)CC1. The fraction of sp³-hybridized carbons (Fsp3) is 0.304. The van der Waals surface area contributed by atoms with E-state index in [1.165, 1.54) is 16.0 Å². The van der Waals surface area contributed by atoms with Gasteiger partial charge in [-0.3, -0.25) is 19.3 Å². The minimum atomic E-state index is -2.71. The summed E-state index contributed by atoms with van der Waals surface area (Å²) in [4.78, 5) is 43.7. The molecule has 0 radical (unpaired) electrons. The van der Waals surface area contributed by atoms with Crippen molar-refractivity contribution < 1.29 is 23.2 Å². The fourth-order valence-electron chi connectivity index (χ4n) is 4.20. The van der Waals surface area contributed by atoms with Gasteiger partial charge in [0.1, 0.15) is 5.65 Å². The molecule has 2 saturated heterocycles. The summed E-state index contributed by atoms with van der Waals surface area (Å²) in [7, 11) is 0. The number of halogens is 2. The van der Waals surface area contributed by atoms with Crippen molar-refractivity contribution in [1.29, 1.82) is 0 Å². The average molecular weight is 438 g/mol. The Bertz CT molecular complexity index is 1210. The minimum Gasteiger partial charge on any atom is -0.338 e. The van der Waals surface area contributed by atoms with Gasteiger partial charge in [0, 0.05) is 62.2 Å². The molecule has 2 aliphatic heterocycles. The van der Waals surface area contributed by atoms with Crippen LogP contribution in [0.2, 0.25) is 0 Å². The molecule has 164 valence electrons. The lowest BCUT2D eigenvalue weighted by Gasteiger charge is -2.31. The zero-order chi connectivity index (χ0) is 22.5. The summed E-state index contributed by atoms with van der Waals surface area (Å²) < 4.78 is 28.6. The number of nitrogens with zero attached hydrogens (tertiary/aromatic N) is 4. The first-order chi connectivity index (χ1) is 15.3. The lowest BCUT2D eigenvalue weighted by atomic mass is 10.1. The number of benzene rings is 1. The number of fused-ring (bicyclic) bond motifs is 1. The number of hydrogen-bond acceptors (Lipinski definition) is 4. The van der Waals surface area contributed by atoms with E-state index in [2.05, 4.69) is 4.98 Å². The van der Waals surface area contributed by atoms with Crippen LogP contribution in [0.1, 0.15) is 36.0 Å². The van der Waals surface area contributed by atoms with Gasteiger partial charge in [0.15, 0.2) is 0 Å². The van der Waals surface area contributed by atoms with Crippen LogP contribution in [0.25, 0.3) is 16.7 Å². The summed E-state index contributed by atoms with van der Waals surface area (Å²) in [6, 6.07) is 10.6.